The van der Waals surface area contributed by atoms with E-state index in [-0.39, 0.29) is 11.0 Å². The molecule has 0 bridgehead atoms. The number of rotatable bonds is 9. The molecule has 3 unspecified atom stereocenters. The first-order valence-electron chi connectivity index (χ1n) is 8.87. The Morgan fingerprint density at radius 2 is 1.88 bits per heavy atom. The van der Waals surface area contributed by atoms with E-state index in [0.29, 0.717) is 25.1 Å². The third kappa shape index (κ3) is 5.90. The van der Waals surface area contributed by atoms with Gasteiger partial charge in [0.1, 0.15) is 0 Å². The summed E-state index contributed by atoms with van der Waals surface area (Å²) >= 11 is 4.66. The van der Waals surface area contributed by atoms with E-state index in [4.69, 9.17) is 4.74 Å². The molecule has 136 valence electrons. The molecule has 0 heterocycles. The van der Waals surface area contributed by atoms with Crippen LogP contribution in [0.25, 0.3) is 10.8 Å². The van der Waals surface area contributed by atoms with Gasteiger partial charge in [0.25, 0.3) is 0 Å². The molecule has 0 radical (unpaired) electrons. The third-order valence-corrected chi connectivity index (χ3v) is 7.30. The number of hydrogen-bond acceptors (Lipinski definition) is 4. The minimum absolute atomic E-state index is 0.148. The highest BCUT2D eigenvalue weighted by Gasteiger charge is 2.18. The molecule has 0 N–H and O–H groups in total. The summed E-state index contributed by atoms with van der Waals surface area (Å²) in [5.74, 6) is 0.205. The lowest BCUT2D eigenvalue weighted by molar-refractivity contribution is -0.143. The van der Waals surface area contributed by atoms with Gasteiger partial charge in [-0.1, -0.05) is 49.4 Å². The molecule has 0 amide bonds. The lowest BCUT2D eigenvalue weighted by Crippen LogP contribution is -2.07. The summed E-state index contributed by atoms with van der Waals surface area (Å²) in [6.07, 6.45) is 2.72. The van der Waals surface area contributed by atoms with Crippen LogP contribution in [-0.4, -0.2) is 18.7 Å². The van der Waals surface area contributed by atoms with E-state index in [1.807, 2.05) is 31.2 Å². The minimum atomic E-state index is -1.86. The summed E-state index contributed by atoms with van der Waals surface area (Å²) in [5, 5.41) is 2.27. The van der Waals surface area contributed by atoms with E-state index in [2.05, 4.69) is 37.8 Å². The number of carbonyl (C=O) groups is 1. The minimum Gasteiger partial charge on any atom is -0.466 e. The van der Waals surface area contributed by atoms with Gasteiger partial charge in [0.2, 0.25) is 0 Å². The maximum atomic E-state index is 12.7. The molecule has 0 fully saturated rings. The van der Waals surface area contributed by atoms with Gasteiger partial charge in [-0.05, 0) is 42.0 Å². The monoisotopic (exact) mass is 378 g/mol. The van der Waals surface area contributed by atoms with E-state index in [1.165, 1.54) is 0 Å². The standard InChI is InChI=1S/C20H27O3PS/c1-3-23-19(21)12-11-15(2)13-14-24(22)20(25)18-10-6-8-16-7-4-5-9-17(16)18/h4-10,15,20,24-25H,3,11-14H2,1-2H3. The van der Waals surface area contributed by atoms with Crippen LogP contribution in [0.4, 0.5) is 0 Å². The fourth-order valence-corrected chi connectivity index (χ4v) is 5.19. The number of thiol groups is 1. The molecule has 0 saturated carbocycles. The first kappa shape index (κ1) is 20.1. The van der Waals surface area contributed by atoms with Gasteiger partial charge >= 0.3 is 5.97 Å². The summed E-state index contributed by atoms with van der Waals surface area (Å²) < 4.78 is 17.7. The third-order valence-electron chi connectivity index (χ3n) is 4.45. The van der Waals surface area contributed by atoms with Crippen LogP contribution in [-0.2, 0) is 14.1 Å². The molecular formula is C20H27O3PS. The van der Waals surface area contributed by atoms with Gasteiger partial charge in [0.05, 0.1) is 19.4 Å². The molecule has 0 aliphatic carbocycles. The Morgan fingerprint density at radius 3 is 2.64 bits per heavy atom. The molecule has 0 aromatic heterocycles. The van der Waals surface area contributed by atoms with E-state index in [9.17, 15) is 9.36 Å². The second-order valence-electron chi connectivity index (χ2n) is 6.42. The number of esters is 1. The average molecular weight is 378 g/mol. The molecule has 3 atom stereocenters. The van der Waals surface area contributed by atoms with Crippen LogP contribution >= 0.6 is 20.4 Å². The Kier molecular flexibility index (Phi) is 8.05. The normalized spacial score (nSPS) is 14.8. The largest absolute Gasteiger partial charge is 0.466 e. The van der Waals surface area contributed by atoms with Crippen LogP contribution < -0.4 is 0 Å². The van der Waals surface area contributed by atoms with Crippen molar-refractivity contribution in [2.24, 2.45) is 5.92 Å². The van der Waals surface area contributed by atoms with Crippen molar-refractivity contribution in [2.75, 3.05) is 12.8 Å². The highest BCUT2D eigenvalue weighted by atomic mass is 32.1. The Labute approximate surface area is 156 Å². The van der Waals surface area contributed by atoms with Gasteiger partial charge in [0.15, 0.2) is 0 Å². The lowest BCUT2D eigenvalue weighted by atomic mass is 10.0. The Hall–Kier alpha value is -1.25. The van der Waals surface area contributed by atoms with Gasteiger partial charge < -0.3 is 9.30 Å². The van der Waals surface area contributed by atoms with Gasteiger partial charge in [-0.15, -0.1) is 0 Å². The first-order valence-corrected chi connectivity index (χ1v) is 11.1. The van der Waals surface area contributed by atoms with Gasteiger partial charge in [0, 0.05) is 12.6 Å². The van der Waals surface area contributed by atoms with E-state index in [1.54, 1.807) is 0 Å². The summed E-state index contributed by atoms with van der Waals surface area (Å²) in [7, 11) is -1.86. The number of benzene rings is 2. The summed E-state index contributed by atoms with van der Waals surface area (Å²) in [5.41, 5.74) is 1.05. The predicted octanol–water partition coefficient (Wildman–Crippen LogP) is 5.70. The van der Waals surface area contributed by atoms with Gasteiger partial charge in [-0.3, -0.25) is 4.79 Å². The molecule has 2 rings (SSSR count). The molecule has 2 aromatic rings. The molecule has 0 saturated heterocycles. The zero-order chi connectivity index (χ0) is 18.2. The Balaban J connectivity index is 1.91. The second-order valence-corrected chi connectivity index (χ2v) is 9.44. The highest BCUT2D eigenvalue weighted by molar-refractivity contribution is 7.87. The number of carbonyl (C=O) groups excluding carboxylic acids is 1. The SMILES string of the molecule is CCOC(=O)CCC(C)CC[PH](=O)C(S)c1cccc2ccccc12. The van der Waals surface area contributed by atoms with Gasteiger partial charge in [-0.25, -0.2) is 0 Å². The van der Waals surface area contributed by atoms with Crippen molar-refractivity contribution in [1.82, 2.24) is 0 Å². The molecule has 25 heavy (non-hydrogen) atoms. The highest BCUT2D eigenvalue weighted by Crippen LogP contribution is 2.47. The predicted molar refractivity (Wildman–Crippen MR) is 109 cm³/mol. The smallest absolute Gasteiger partial charge is 0.305 e. The molecule has 0 spiro atoms. The van der Waals surface area contributed by atoms with Crippen molar-refractivity contribution in [1.29, 1.82) is 0 Å². The number of fused-ring (bicyclic) bond motifs is 1. The van der Waals surface area contributed by atoms with Gasteiger partial charge in [-0.2, -0.15) is 12.6 Å². The van der Waals surface area contributed by atoms with E-state index >= 15 is 0 Å². The van der Waals surface area contributed by atoms with E-state index < -0.39 is 7.80 Å². The Morgan fingerprint density at radius 1 is 1.16 bits per heavy atom. The van der Waals surface area contributed by atoms with Crippen molar-refractivity contribution in [3.05, 3.63) is 48.0 Å². The van der Waals surface area contributed by atoms with Crippen LogP contribution in [0.5, 0.6) is 0 Å². The average Bonchev–Trinajstić information content (AvgIpc) is 2.63. The molecule has 5 heteroatoms. The number of hydrogen-bond donors (Lipinski definition) is 1. The zero-order valence-electron chi connectivity index (χ0n) is 14.9. The fraction of sp³-hybridized carbons (Fsp3) is 0.450. The van der Waals surface area contributed by atoms with Crippen molar-refractivity contribution in [3.8, 4) is 0 Å². The van der Waals surface area contributed by atoms with E-state index in [0.717, 1.165) is 29.2 Å². The quantitative estimate of drug-likeness (QED) is 0.346. The second kappa shape index (κ2) is 10.0. The lowest BCUT2D eigenvalue weighted by Gasteiger charge is -2.16. The van der Waals surface area contributed by atoms with Crippen LogP contribution in [0, 0.1) is 5.92 Å². The van der Waals surface area contributed by atoms with Crippen LogP contribution in [0.2, 0.25) is 0 Å². The molecule has 0 aliphatic heterocycles. The molecule has 2 aromatic carbocycles. The van der Waals surface area contributed by atoms with Crippen molar-refractivity contribution in [3.63, 3.8) is 0 Å². The number of ether oxygens (including phenoxy) is 1. The Bertz CT molecular complexity index is 726. The van der Waals surface area contributed by atoms with Crippen molar-refractivity contribution < 1.29 is 14.1 Å². The molecule has 3 nitrogen and oxygen atoms in total. The topological polar surface area (TPSA) is 43.4 Å². The first-order chi connectivity index (χ1) is 12.0. The zero-order valence-corrected chi connectivity index (χ0v) is 16.8. The maximum Gasteiger partial charge on any atom is 0.305 e. The fourth-order valence-electron chi connectivity index (χ4n) is 2.93. The van der Waals surface area contributed by atoms with Crippen molar-refractivity contribution in [2.45, 2.75) is 38.1 Å². The summed E-state index contributed by atoms with van der Waals surface area (Å²) in [6.45, 7) is 4.33. The van der Waals surface area contributed by atoms with Crippen LogP contribution in [0.1, 0.15) is 43.7 Å². The van der Waals surface area contributed by atoms with Crippen molar-refractivity contribution >= 4 is 37.2 Å². The summed E-state index contributed by atoms with van der Waals surface area (Å²) in [6, 6.07) is 14.2. The van der Waals surface area contributed by atoms with Crippen LogP contribution in [0.3, 0.4) is 0 Å². The van der Waals surface area contributed by atoms with Crippen LogP contribution in [0.15, 0.2) is 42.5 Å². The maximum absolute atomic E-state index is 12.7. The molecular weight excluding hydrogens is 351 g/mol. The molecule has 0 aliphatic rings. The summed E-state index contributed by atoms with van der Waals surface area (Å²) in [4.78, 5) is 11.2.